The Hall–Kier alpha value is -2.37. The third kappa shape index (κ3) is 3.11. The molecule has 0 radical (unpaired) electrons. The summed E-state index contributed by atoms with van der Waals surface area (Å²) in [6.45, 7) is 1.47. The molecule has 1 aromatic heterocycles. The molecular formula is C22H21N3OS. The highest BCUT2D eigenvalue weighted by molar-refractivity contribution is 8.14. The fourth-order valence-corrected chi connectivity index (χ4v) is 5.12. The molecule has 5 rings (SSSR count). The van der Waals surface area contributed by atoms with Crippen molar-refractivity contribution in [1.29, 1.82) is 0 Å². The number of benzene rings is 2. The first kappa shape index (κ1) is 16.8. The van der Waals surface area contributed by atoms with Crippen LogP contribution in [0.5, 0.6) is 0 Å². The van der Waals surface area contributed by atoms with Crippen LogP contribution in [-0.2, 0) is 24.3 Å². The first-order valence-corrected chi connectivity index (χ1v) is 10.2. The van der Waals surface area contributed by atoms with Gasteiger partial charge in [0.2, 0.25) is 0 Å². The zero-order valence-corrected chi connectivity index (χ0v) is 16.1. The van der Waals surface area contributed by atoms with Gasteiger partial charge >= 0.3 is 0 Å². The number of amidine groups is 1. The normalized spacial score (nSPS) is 20.1. The van der Waals surface area contributed by atoms with Crippen molar-refractivity contribution in [2.75, 3.05) is 12.9 Å². The summed E-state index contributed by atoms with van der Waals surface area (Å²) in [5.41, 5.74) is 4.85. The van der Waals surface area contributed by atoms with E-state index in [0.29, 0.717) is 12.6 Å². The summed E-state index contributed by atoms with van der Waals surface area (Å²) in [5.74, 6) is 1.11. The largest absolute Gasteiger partial charge is 0.378 e. The minimum atomic E-state index is 0.514. The van der Waals surface area contributed by atoms with Gasteiger partial charge in [-0.25, -0.2) is 4.99 Å². The van der Waals surface area contributed by atoms with Crippen LogP contribution in [0, 0.1) is 0 Å². The van der Waals surface area contributed by atoms with Gasteiger partial charge in [-0.1, -0.05) is 48.2 Å². The molecule has 0 bridgehead atoms. The maximum atomic E-state index is 5.24. The van der Waals surface area contributed by atoms with Crippen molar-refractivity contribution in [2.24, 2.45) is 4.99 Å². The van der Waals surface area contributed by atoms with Gasteiger partial charge in [-0.05, 0) is 29.7 Å². The summed E-state index contributed by atoms with van der Waals surface area (Å²) in [7, 11) is 1.70. The summed E-state index contributed by atoms with van der Waals surface area (Å²) in [4.78, 5) is 12.0. The summed E-state index contributed by atoms with van der Waals surface area (Å²) in [6.07, 6.45) is 3.02. The monoisotopic (exact) mass is 375 g/mol. The van der Waals surface area contributed by atoms with E-state index in [9.17, 15) is 0 Å². The lowest BCUT2D eigenvalue weighted by Gasteiger charge is -2.32. The lowest BCUT2D eigenvalue weighted by molar-refractivity contribution is 0.181. The van der Waals surface area contributed by atoms with E-state index in [-0.39, 0.29) is 0 Å². The Morgan fingerprint density at radius 2 is 2.07 bits per heavy atom. The number of methoxy groups -OCH3 is 1. The molecule has 1 saturated heterocycles. The van der Waals surface area contributed by atoms with Crippen LogP contribution in [0.1, 0.15) is 16.8 Å². The maximum absolute atomic E-state index is 5.24. The minimum Gasteiger partial charge on any atom is -0.378 e. The predicted molar refractivity (Wildman–Crippen MR) is 111 cm³/mol. The first-order chi connectivity index (χ1) is 13.3. The lowest BCUT2D eigenvalue weighted by Crippen LogP contribution is -2.38. The third-order valence-corrected chi connectivity index (χ3v) is 6.45. The molecule has 2 aromatic carbocycles. The number of thioether (sulfide) groups is 1. The Kier molecular flexibility index (Phi) is 4.34. The SMILES string of the molecule is COCc1cc2c(N=C3SCC4Cc5ccccc5CN34)cccc2cn1. The fourth-order valence-electron chi connectivity index (χ4n) is 3.93. The predicted octanol–water partition coefficient (Wildman–Crippen LogP) is 4.54. The number of hydrogen-bond acceptors (Lipinski definition) is 4. The molecule has 0 amide bonds. The zero-order chi connectivity index (χ0) is 18.2. The Morgan fingerprint density at radius 3 is 2.96 bits per heavy atom. The molecule has 1 atom stereocenters. The van der Waals surface area contributed by atoms with Crippen LogP contribution in [-0.4, -0.2) is 34.0 Å². The molecule has 3 heterocycles. The van der Waals surface area contributed by atoms with Crippen molar-refractivity contribution in [2.45, 2.75) is 25.6 Å². The Balaban J connectivity index is 1.53. The van der Waals surface area contributed by atoms with Gasteiger partial charge in [-0.15, -0.1) is 0 Å². The fraction of sp³-hybridized carbons (Fsp3) is 0.273. The second kappa shape index (κ2) is 6.98. The van der Waals surface area contributed by atoms with E-state index in [1.165, 1.54) is 11.1 Å². The van der Waals surface area contributed by atoms with Gasteiger partial charge in [-0.2, -0.15) is 0 Å². The standard InChI is InChI=1S/C22H21N3OS/c1-26-13-18-10-20-16(11-23-18)7-4-8-21(20)24-22-25-12-17-6-3-2-5-15(17)9-19(25)14-27-22/h2-8,10-11,19H,9,12-14H2,1H3. The van der Waals surface area contributed by atoms with Crippen molar-refractivity contribution >= 4 is 33.4 Å². The maximum Gasteiger partial charge on any atom is 0.165 e. The van der Waals surface area contributed by atoms with Crippen LogP contribution >= 0.6 is 11.8 Å². The minimum absolute atomic E-state index is 0.514. The molecule has 0 aliphatic carbocycles. The molecule has 1 unspecified atom stereocenters. The first-order valence-electron chi connectivity index (χ1n) is 9.23. The van der Waals surface area contributed by atoms with Crippen LogP contribution in [0.25, 0.3) is 10.8 Å². The number of nitrogens with zero attached hydrogens (tertiary/aromatic N) is 3. The van der Waals surface area contributed by atoms with Gasteiger partial charge in [0, 0.05) is 42.4 Å². The molecule has 4 nitrogen and oxygen atoms in total. The Bertz CT molecular complexity index is 1030. The van der Waals surface area contributed by atoms with Crippen LogP contribution in [0.2, 0.25) is 0 Å². The van der Waals surface area contributed by atoms with Gasteiger partial charge in [0.05, 0.1) is 18.0 Å². The van der Waals surface area contributed by atoms with Gasteiger partial charge in [0.1, 0.15) is 0 Å². The van der Waals surface area contributed by atoms with E-state index in [1.807, 2.05) is 18.0 Å². The van der Waals surface area contributed by atoms with E-state index in [0.717, 1.165) is 46.0 Å². The molecule has 2 aliphatic rings. The topological polar surface area (TPSA) is 37.7 Å². The van der Waals surface area contributed by atoms with E-state index in [2.05, 4.69) is 58.4 Å². The smallest absolute Gasteiger partial charge is 0.165 e. The number of ether oxygens (including phenoxy) is 1. The summed E-state index contributed by atoms with van der Waals surface area (Å²) in [6, 6.07) is 17.7. The molecule has 27 heavy (non-hydrogen) atoms. The summed E-state index contributed by atoms with van der Waals surface area (Å²) < 4.78 is 5.24. The third-order valence-electron chi connectivity index (χ3n) is 5.31. The number of rotatable bonds is 3. The molecule has 0 saturated carbocycles. The van der Waals surface area contributed by atoms with Gasteiger partial charge < -0.3 is 9.64 Å². The molecule has 2 aliphatic heterocycles. The molecular weight excluding hydrogens is 354 g/mol. The number of aromatic nitrogens is 1. The van der Waals surface area contributed by atoms with E-state index in [1.54, 1.807) is 7.11 Å². The van der Waals surface area contributed by atoms with Crippen LogP contribution < -0.4 is 0 Å². The molecule has 5 heteroatoms. The average Bonchev–Trinajstić information content (AvgIpc) is 3.08. The molecule has 136 valence electrons. The molecule has 3 aromatic rings. The van der Waals surface area contributed by atoms with E-state index < -0.39 is 0 Å². The summed E-state index contributed by atoms with van der Waals surface area (Å²) in [5, 5.41) is 3.38. The lowest BCUT2D eigenvalue weighted by atomic mass is 9.95. The van der Waals surface area contributed by atoms with Crippen molar-refractivity contribution in [3.05, 3.63) is 71.5 Å². The number of fused-ring (bicyclic) bond motifs is 3. The molecule has 0 spiro atoms. The zero-order valence-electron chi connectivity index (χ0n) is 15.3. The molecule has 0 N–H and O–H groups in total. The second-order valence-electron chi connectivity index (χ2n) is 7.07. The highest BCUT2D eigenvalue weighted by atomic mass is 32.2. The van der Waals surface area contributed by atoms with E-state index >= 15 is 0 Å². The number of hydrogen-bond donors (Lipinski definition) is 0. The van der Waals surface area contributed by atoms with Crippen LogP contribution in [0.4, 0.5) is 5.69 Å². The Morgan fingerprint density at radius 1 is 1.19 bits per heavy atom. The molecule has 1 fully saturated rings. The van der Waals surface area contributed by atoms with E-state index in [4.69, 9.17) is 9.73 Å². The number of aliphatic imine (C=N–C) groups is 1. The Labute approximate surface area is 163 Å². The van der Waals surface area contributed by atoms with Gasteiger partial charge in [0.25, 0.3) is 0 Å². The quantitative estimate of drug-likeness (QED) is 0.673. The van der Waals surface area contributed by atoms with Gasteiger partial charge in [0.15, 0.2) is 5.17 Å². The average molecular weight is 375 g/mol. The van der Waals surface area contributed by atoms with Gasteiger partial charge in [-0.3, -0.25) is 4.98 Å². The van der Waals surface area contributed by atoms with Crippen LogP contribution in [0.15, 0.2) is 59.7 Å². The van der Waals surface area contributed by atoms with Crippen LogP contribution in [0.3, 0.4) is 0 Å². The number of pyridine rings is 1. The van der Waals surface area contributed by atoms with Crippen molar-refractivity contribution < 1.29 is 4.74 Å². The van der Waals surface area contributed by atoms with Crippen molar-refractivity contribution in [1.82, 2.24) is 9.88 Å². The highest BCUT2D eigenvalue weighted by Crippen LogP contribution is 2.36. The van der Waals surface area contributed by atoms with Crippen molar-refractivity contribution in [3.63, 3.8) is 0 Å². The second-order valence-corrected chi connectivity index (χ2v) is 8.05. The highest BCUT2D eigenvalue weighted by Gasteiger charge is 2.34. The summed E-state index contributed by atoms with van der Waals surface area (Å²) >= 11 is 1.87. The van der Waals surface area contributed by atoms with Crippen molar-refractivity contribution in [3.8, 4) is 0 Å².